The quantitative estimate of drug-likeness (QED) is 0.607. The van der Waals surface area contributed by atoms with Crippen molar-refractivity contribution in [3.63, 3.8) is 0 Å². The minimum Gasteiger partial charge on any atom is -0.376 e. The zero-order valence-corrected chi connectivity index (χ0v) is 14.4. The maximum absolute atomic E-state index is 6.12. The Bertz CT molecular complexity index is 705. The number of hydrogen-bond acceptors (Lipinski definition) is 2. The lowest BCUT2D eigenvalue weighted by Gasteiger charge is -2.25. The van der Waals surface area contributed by atoms with E-state index in [9.17, 15) is 0 Å². The van der Waals surface area contributed by atoms with Gasteiger partial charge in [0, 0.05) is 11.4 Å². The van der Waals surface area contributed by atoms with Gasteiger partial charge in [-0.05, 0) is 29.8 Å². The molecule has 1 N–H and O–H groups in total. The summed E-state index contributed by atoms with van der Waals surface area (Å²) in [5.74, 6) is 0. The summed E-state index contributed by atoms with van der Waals surface area (Å²) in [5.41, 5.74) is 3.49. The van der Waals surface area contributed by atoms with Gasteiger partial charge in [0.1, 0.15) is 0 Å². The third-order valence-corrected chi connectivity index (χ3v) is 4.50. The number of para-hydroxylation sites is 2. The molecule has 0 amide bonds. The molecule has 2 nitrogen and oxygen atoms in total. The molecule has 0 saturated carbocycles. The topological polar surface area (TPSA) is 24.4 Å². The van der Waals surface area contributed by atoms with E-state index in [1.165, 1.54) is 0 Å². The Hall–Kier alpha value is -0.930. The van der Waals surface area contributed by atoms with E-state index in [2.05, 4.69) is 5.32 Å². The second-order valence-corrected chi connectivity index (χ2v) is 7.83. The molecule has 114 valence electrons. The van der Waals surface area contributed by atoms with Gasteiger partial charge < -0.3 is 5.32 Å². The largest absolute Gasteiger partial charge is 0.376 e. The fourth-order valence-electron chi connectivity index (χ4n) is 2.34. The predicted octanol–water partition coefficient (Wildman–Crippen LogP) is 6.02. The van der Waals surface area contributed by atoms with Crippen LogP contribution in [0.25, 0.3) is 0 Å². The second-order valence-electron chi connectivity index (χ2n) is 5.03. The summed E-state index contributed by atoms with van der Waals surface area (Å²) in [6.07, 6.45) is 0.493. The van der Waals surface area contributed by atoms with Crippen LogP contribution in [-0.2, 0) is 0 Å². The molecule has 6 heteroatoms. The van der Waals surface area contributed by atoms with Crippen LogP contribution in [0.3, 0.4) is 0 Å². The van der Waals surface area contributed by atoms with Gasteiger partial charge >= 0.3 is 0 Å². The lowest BCUT2D eigenvalue weighted by molar-refractivity contribution is 0.775. The SMILES string of the molecule is Clc1ccc(C2=Nc3ccccc3N[C@H](C(Cl)(Cl)Cl)C2)cc1. The minimum atomic E-state index is -1.44. The van der Waals surface area contributed by atoms with Crippen molar-refractivity contribution in [2.45, 2.75) is 16.3 Å². The van der Waals surface area contributed by atoms with Crippen molar-refractivity contribution in [2.24, 2.45) is 4.99 Å². The van der Waals surface area contributed by atoms with Crippen LogP contribution in [0.5, 0.6) is 0 Å². The van der Waals surface area contributed by atoms with E-state index in [1.54, 1.807) is 0 Å². The lowest BCUT2D eigenvalue weighted by Crippen LogP contribution is -2.35. The second kappa shape index (κ2) is 6.29. The van der Waals surface area contributed by atoms with Gasteiger partial charge in [0.15, 0.2) is 0 Å². The minimum absolute atomic E-state index is 0.379. The van der Waals surface area contributed by atoms with Crippen LogP contribution in [0.15, 0.2) is 53.5 Å². The molecule has 1 atom stereocenters. The summed E-state index contributed by atoms with van der Waals surface area (Å²) in [4.78, 5) is 4.74. The van der Waals surface area contributed by atoms with Crippen LogP contribution >= 0.6 is 46.4 Å². The fourth-order valence-corrected chi connectivity index (χ4v) is 2.86. The van der Waals surface area contributed by atoms with Crippen molar-refractivity contribution in [1.82, 2.24) is 0 Å². The number of nitrogens with zero attached hydrogens (tertiary/aromatic N) is 1. The smallest absolute Gasteiger partial charge is 0.210 e. The van der Waals surface area contributed by atoms with Gasteiger partial charge in [-0.3, -0.25) is 4.99 Å². The Morgan fingerprint density at radius 3 is 2.36 bits per heavy atom. The van der Waals surface area contributed by atoms with Crippen LogP contribution < -0.4 is 5.32 Å². The van der Waals surface area contributed by atoms with E-state index >= 15 is 0 Å². The van der Waals surface area contributed by atoms with Crippen LogP contribution in [0.1, 0.15) is 12.0 Å². The first-order valence-corrected chi connectivity index (χ1v) is 8.20. The van der Waals surface area contributed by atoms with E-state index < -0.39 is 3.79 Å². The van der Waals surface area contributed by atoms with E-state index in [4.69, 9.17) is 51.4 Å². The van der Waals surface area contributed by atoms with Crippen molar-refractivity contribution in [2.75, 3.05) is 5.32 Å². The number of hydrogen-bond donors (Lipinski definition) is 1. The van der Waals surface area contributed by atoms with Crippen molar-refractivity contribution in [3.05, 3.63) is 59.1 Å². The number of halogens is 4. The molecule has 0 aromatic heterocycles. The molecule has 2 aromatic rings. The maximum Gasteiger partial charge on any atom is 0.210 e. The van der Waals surface area contributed by atoms with E-state index in [0.717, 1.165) is 22.6 Å². The predicted molar refractivity (Wildman–Crippen MR) is 96.4 cm³/mol. The molecule has 3 rings (SSSR count). The average Bonchev–Trinajstić information content (AvgIpc) is 2.67. The van der Waals surface area contributed by atoms with Crippen molar-refractivity contribution in [3.8, 4) is 0 Å². The zero-order chi connectivity index (χ0) is 15.7. The number of benzene rings is 2. The number of rotatable bonds is 1. The van der Waals surface area contributed by atoms with E-state index in [1.807, 2.05) is 48.5 Å². The van der Waals surface area contributed by atoms with Gasteiger partial charge in [-0.1, -0.05) is 70.7 Å². The Morgan fingerprint density at radius 1 is 1.00 bits per heavy atom. The maximum atomic E-state index is 6.12. The molecule has 1 aliphatic rings. The Labute approximate surface area is 149 Å². The van der Waals surface area contributed by atoms with Crippen LogP contribution in [0.4, 0.5) is 11.4 Å². The number of aliphatic imine (C=N–C) groups is 1. The molecule has 22 heavy (non-hydrogen) atoms. The average molecular weight is 374 g/mol. The first-order chi connectivity index (χ1) is 10.4. The Morgan fingerprint density at radius 2 is 1.68 bits per heavy atom. The molecule has 0 saturated heterocycles. The Kier molecular flexibility index (Phi) is 4.56. The van der Waals surface area contributed by atoms with Gasteiger partial charge in [0.2, 0.25) is 3.79 Å². The molecule has 1 aliphatic heterocycles. The van der Waals surface area contributed by atoms with Crippen molar-refractivity contribution in [1.29, 1.82) is 0 Å². The van der Waals surface area contributed by atoms with Crippen molar-refractivity contribution < 1.29 is 0 Å². The fraction of sp³-hybridized carbons (Fsp3) is 0.188. The number of alkyl halides is 3. The first kappa shape index (κ1) is 15.9. The van der Waals surface area contributed by atoms with Gasteiger partial charge in [0.25, 0.3) is 0 Å². The highest BCUT2D eigenvalue weighted by atomic mass is 35.6. The third kappa shape index (κ3) is 3.52. The summed E-state index contributed by atoms with van der Waals surface area (Å²) in [7, 11) is 0. The van der Waals surface area contributed by atoms with Gasteiger partial charge in [-0.15, -0.1) is 0 Å². The highest BCUT2D eigenvalue weighted by Crippen LogP contribution is 2.39. The summed E-state index contributed by atoms with van der Waals surface area (Å²) in [5, 5.41) is 3.95. The molecule has 0 fully saturated rings. The van der Waals surface area contributed by atoms with Gasteiger partial charge in [-0.2, -0.15) is 0 Å². The first-order valence-electron chi connectivity index (χ1n) is 6.69. The number of fused-ring (bicyclic) bond motifs is 1. The van der Waals surface area contributed by atoms with Crippen molar-refractivity contribution >= 4 is 63.5 Å². The number of nitrogens with one attached hydrogen (secondary N) is 1. The normalized spacial score (nSPS) is 18.0. The highest BCUT2D eigenvalue weighted by molar-refractivity contribution is 6.68. The summed E-state index contributed by atoms with van der Waals surface area (Å²) < 4.78 is -1.44. The van der Waals surface area contributed by atoms with Gasteiger partial charge in [-0.25, -0.2) is 0 Å². The third-order valence-electron chi connectivity index (χ3n) is 3.46. The lowest BCUT2D eigenvalue weighted by atomic mass is 10.0. The molecule has 0 radical (unpaired) electrons. The van der Waals surface area contributed by atoms with E-state index in [0.29, 0.717) is 11.4 Å². The summed E-state index contributed by atoms with van der Waals surface area (Å²) >= 11 is 24.3. The molecule has 0 spiro atoms. The van der Waals surface area contributed by atoms with Gasteiger partial charge in [0.05, 0.1) is 23.1 Å². The molecule has 0 aliphatic carbocycles. The summed E-state index contributed by atoms with van der Waals surface area (Å²) in [6.45, 7) is 0. The molecular weight excluding hydrogens is 362 g/mol. The zero-order valence-electron chi connectivity index (χ0n) is 11.4. The Balaban J connectivity index is 2.07. The standard InChI is InChI=1S/C16H12Cl4N2/c17-11-7-5-10(6-8-11)14-9-15(16(18,19)20)22-13-4-2-1-3-12(13)21-14/h1-8,15,22H,9H2/t15-/m0/s1. The highest BCUT2D eigenvalue weighted by Gasteiger charge is 2.35. The summed E-state index contributed by atoms with van der Waals surface area (Å²) in [6, 6.07) is 14.8. The molecular formula is C16H12Cl4N2. The number of anilines is 1. The molecule has 0 unspecified atom stereocenters. The van der Waals surface area contributed by atoms with Crippen LogP contribution in [0, 0.1) is 0 Å². The molecule has 0 bridgehead atoms. The van der Waals surface area contributed by atoms with E-state index in [-0.39, 0.29) is 6.04 Å². The monoisotopic (exact) mass is 372 g/mol. The van der Waals surface area contributed by atoms with Crippen LogP contribution in [-0.4, -0.2) is 15.5 Å². The molecule has 2 aromatic carbocycles. The van der Waals surface area contributed by atoms with Crippen LogP contribution in [0.2, 0.25) is 5.02 Å². The molecule has 1 heterocycles.